The molecule has 8 heteroatoms. The normalized spacial score (nSPS) is 12.8. The van der Waals surface area contributed by atoms with Gasteiger partial charge in [-0.1, -0.05) is 41.9 Å². The van der Waals surface area contributed by atoms with Crippen LogP contribution >= 0.6 is 22.9 Å². The maximum absolute atomic E-state index is 14.5. The molecule has 0 bridgehead atoms. The summed E-state index contributed by atoms with van der Waals surface area (Å²) in [4.78, 5) is 3.12. The Morgan fingerprint density at radius 1 is 1.28 bits per heavy atom. The summed E-state index contributed by atoms with van der Waals surface area (Å²) in [7, 11) is -4.06. The standard InChI is InChI=1S/C17H13ClFN2O2S2/c1-11(12-5-3-2-4-6-12)21-15-10-14(19)16(9-13(15)18)25(22,23)17-20-7-8-24-17/h2-6,8-11,21H,1H3/t11-/m0/s1. The fourth-order valence-corrected chi connectivity index (χ4v) is 4.77. The molecule has 1 heterocycles. The molecule has 0 spiro atoms. The molecular formula is C17H13ClFN2O2S2. The van der Waals surface area contributed by atoms with Crippen LogP contribution in [0.1, 0.15) is 18.5 Å². The minimum atomic E-state index is -4.06. The lowest BCUT2D eigenvalue weighted by molar-refractivity contribution is 0.566. The average molecular weight is 396 g/mol. The Kier molecular flexibility index (Phi) is 5.08. The van der Waals surface area contributed by atoms with Crippen molar-refractivity contribution in [3.05, 3.63) is 70.4 Å². The third-order valence-corrected chi connectivity index (χ3v) is 6.80. The number of hydrogen-bond acceptors (Lipinski definition) is 5. The maximum atomic E-state index is 14.5. The molecule has 0 amide bonds. The topological polar surface area (TPSA) is 59.1 Å². The fourth-order valence-electron chi connectivity index (χ4n) is 2.30. The van der Waals surface area contributed by atoms with Gasteiger partial charge in [-0.25, -0.2) is 17.8 Å². The Bertz CT molecular complexity index is 977. The quantitative estimate of drug-likeness (QED) is 0.677. The van der Waals surface area contributed by atoms with Gasteiger partial charge < -0.3 is 5.32 Å². The summed E-state index contributed by atoms with van der Waals surface area (Å²) in [5, 5.41) is 4.60. The van der Waals surface area contributed by atoms with Gasteiger partial charge in [-0.05, 0) is 24.6 Å². The number of sulfone groups is 1. The fraction of sp³-hybridized carbons (Fsp3) is 0.118. The van der Waals surface area contributed by atoms with Gasteiger partial charge in [-0.3, -0.25) is 0 Å². The molecule has 0 fully saturated rings. The van der Waals surface area contributed by atoms with E-state index in [0.29, 0.717) is 5.69 Å². The molecule has 1 atom stereocenters. The van der Waals surface area contributed by atoms with Crippen LogP contribution in [0, 0.1) is 12.0 Å². The molecule has 0 unspecified atom stereocenters. The second-order valence-corrected chi connectivity index (χ2v) is 8.64. The highest BCUT2D eigenvalue weighted by atomic mass is 35.5. The minimum absolute atomic E-state index is 0.114. The lowest BCUT2D eigenvalue weighted by atomic mass is 10.1. The molecule has 0 saturated carbocycles. The zero-order chi connectivity index (χ0) is 18.0. The van der Waals surface area contributed by atoms with Crippen molar-refractivity contribution < 1.29 is 12.8 Å². The summed E-state index contributed by atoms with van der Waals surface area (Å²) in [5.41, 5.74) is 1.31. The molecule has 1 radical (unpaired) electrons. The minimum Gasteiger partial charge on any atom is -0.377 e. The molecule has 3 aromatic rings. The van der Waals surface area contributed by atoms with Gasteiger partial charge in [0.15, 0.2) is 0 Å². The molecule has 0 aliphatic rings. The van der Waals surface area contributed by atoms with E-state index < -0.39 is 20.5 Å². The molecule has 3 rings (SSSR count). The van der Waals surface area contributed by atoms with E-state index in [9.17, 15) is 12.8 Å². The molecule has 1 N–H and O–H groups in total. The highest BCUT2D eigenvalue weighted by molar-refractivity contribution is 7.93. The Morgan fingerprint density at radius 2 is 2.00 bits per heavy atom. The first-order valence-corrected chi connectivity index (χ1v) is 10.0. The van der Waals surface area contributed by atoms with Crippen molar-refractivity contribution in [3.8, 4) is 0 Å². The van der Waals surface area contributed by atoms with E-state index in [0.717, 1.165) is 29.0 Å². The Hall–Kier alpha value is -1.96. The number of nitrogens with zero attached hydrogens (tertiary/aromatic N) is 1. The summed E-state index contributed by atoms with van der Waals surface area (Å²) in [6.45, 7) is 1.90. The van der Waals surface area contributed by atoms with Crippen LogP contribution in [0.4, 0.5) is 10.1 Å². The lowest BCUT2D eigenvalue weighted by Crippen LogP contribution is -2.09. The van der Waals surface area contributed by atoms with Gasteiger partial charge in [-0.15, -0.1) is 11.3 Å². The highest BCUT2D eigenvalue weighted by Gasteiger charge is 2.26. The summed E-state index contributed by atoms with van der Waals surface area (Å²) < 4.78 is 39.1. The smallest absolute Gasteiger partial charge is 0.236 e. The molecule has 0 aliphatic carbocycles. The second kappa shape index (κ2) is 7.11. The molecule has 4 nitrogen and oxygen atoms in total. The van der Waals surface area contributed by atoms with Crippen molar-refractivity contribution in [1.82, 2.24) is 4.98 Å². The summed E-state index contributed by atoms with van der Waals surface area (Å²) in [5.74, 6) is -0.887. The number of halogens is 2. The van der Waals surface area contributed by atoms with Crippen LogP contribution < -0.4 is 5.32 Å². The van der Waals surface area contributed by atoms with Gasteiger partial charge >= 0.3 is 0 Å². The average Bonchev–Trinajstić information content (AvgIpc) is 3.14. The third kappa shape index (κ3) is 3.68. The first kappa shape index (κ1) is 17.8. The number of hydrogen-bond donors (Lipinski definition) is 1. The second-order valence-electron chi connectivity index (χ2n) is 5.29. The van der Waals surface area contributed by atoms with E-state index in [4.69, 9.17) is 11.6 Å². The van der Waals surface area contributed by atoms with Crippen LogP contribution in [0.15, 0.2) is 57.1 Å². The van der Waals surface area contributed by atoms with Crippen LogP contribution in [0.3, 0.4) is 0 Å². The number of thiazole rings is 1. The van der Waals surface area contributed by atoms with Crippen molar-refractivity contribution in [2.75, 3.05) is 5.32 Å². The SMILES string of the molecule is C[C@H](Nc1cc(F)c(S(=O)(=O)c2n[c]cs2)cc1Cl)c1ccccc1. The summed E-state index contributed by atoms with van der Waals surface area (Å²) in [6.07, 6.45) is 2.42. The maximum Gasteiger partial charge on any atom is 0.236 e. The predicted molar refractivity (Wildman–Crippen MR) is 96.3 cm³/mol. The zero-order valence-electron chi connectivity index (χ0n) is 13.0. The predicted octanol–water partition coefficient (Wildman–Crippen LogP) is 4.74. The highest BCUT2D eigenvalue weighted by Crippen LogP contribution is 2.33. The summed E-state index contributed by atoms with van der Waals surface area (Å²) in [6, 6.07) is 11.6. The molecule has 0 aliphatic heterocycles. The van der Waals surface area contributed by atoms with Crippen molar-refractivity contribution in [2.45, 2.75) is 22.2 Å². The van der Waals surface area contributed by atoms with E-state index in [2.05, 4.69) is 16.5 Å². The van der Waals surface area contributed by atoms with Crippen molar-refractivity contribution in [1.29, 1.82) is 0 Å². The van der Waals surface area contributed by atoms with E-state index >= 15 is 0 Å². The van der Waals surface area contributed by atoms with Crippen LogP contribution in [0.25, 0.3) is 0 Å². The first-order chi connectivity index (χ1) is 11.9. The molecule has 2 aromatic carbocycles. The van der Waals surface area contributed by atoms with Crippen LogP contribution in [0.5, 0.6) is 0 Å². The van der Waals surface area contributed by atoms with Gasteiger partial charge in [-0.2, -0.15) is 0 Å². The van der Waals surface area contributed by atoms with Gasteiger partial charge in [0.1, 0.15) is 16.9 Å². The first-order valence-electron chi connectivity index (χ1n) is 7.27. The number of nitrogens with one attached hydrogen (secondary N) is 1. The number of benzene rings is 2. The van der Waals surface area contributed by atoms with E-state index in [1.54, 1.807) is 0 Å². The lowest BCUT2D eigenvalue weighted by Gasteiger charge is -2.17. The van der Waals surface area contributed by atoms with Crippen molar-refractivity contribution in [3.63, 3.8) is 0 Å². The Labute approximate surface area is 154 Å². The molecule has 25 heavy (non-hydrogen) atoms. The largest absolute Gasteiger partial charge is 0.377 e. The van der Waals surface area contributed by atoms with Crippen LogP contribution in [-0.2, 0) is 9.84 Å². The van der Waals surface area contributed by atoms with Gasteiger partial charge in [0.25, 0.3) is 0 Å². The summed E-state index contributed by atoms with van der Waals surface area (Å²) >= 11 is 7.05. The monoisotopic (exact) mass is 395 g/mol. The van der Waals surface area contributed by atoms with Crippen LogP contribution in [-0.4, -0.2) is 13.4 Å². The van der Waals surface area contributed by atoms with Gasteiger partial charge in [0.05, 0.1) is 10.7 Å². The van der Waals surface area contributed by atoms with Gasteiger partial charge in [0.2, 0.25) is 14.2 Å². The molecular weight excluding hydrogens is 383 g/mol. The van der Waals surface area contributed by atoms with E-state index in [-0.39, 0.29) is 15.4 Å². The number of anilines is 1. The number of rotatable bonds is 5. The van der Waals surface area contributed by atoms with Crippen molar-refractivity contribution >= 4 is 38.5 Å². The Balaban J connectivity index is 1.93. The molecule has 129 valence electrons. The van der Waals surface area contributed by atoms with E-state index in [1.165, 1.54) is 5.38 Å². The van der Waals surface area contributed by atoms with Crippen LogP contribution in [0.2, 0.25) is 5.02 Å². The van der Waals surface area contributed by atoms with Crippen molar-refractivity contribution in [2.24, 2.45) is 0 Å². The zero-order valence-corrected chi connectivity index (χ0v) is 15.4. The molecule has 1 aromatic heterocycles. The molecule has 0 saturated heterocycles. The van der Waals surface area contributed by atoms with Gasteiger partial charge in [0, 0.05) is 11.4 Å². The van der Waals surface area contributed by atoms with E-state index in [1.807, 2.05) is 37.3 Å². The Morgan fingerprint density at radius 3 is 2.64 bits per heavy atom. The third-order valence-electron chi connectivity index (χ3n) is 3.58. The number of aromatic nitrogens is 1.